The van der Waals surface area contributed by atoms with Gasteiger partial charge in [0.05, 0.1) is 11.8 Å². The maximum Gasteiger partial charge on any atom is 0.335 e. The van der Waals surface area contributed by atoms with Crippen molar-refractivity contribution in [2.24, 2.45) is 0 Å². The minimum Gasteiger partial charge on any atom is -0.478 e. The van der Waals surface area contributed by atoms with Crippen molar-refractivity contribution >= 4 is 11.9 Å². The Labute approximate surface area is 109 Å². The molecule has 3 N–H and O–H groups in total. The van der Waals surface area contributed by atoms with Gasteiger partial charge in [0.2, 0.25) is 0 Å². The van der Waals surface area contributed by atoms with Crippen molar-refractivity contribution in [1.82, 2.24) is 15.5 Å². The quantitative estimate of drug-likeness (QED) is 0.772. The number of H-pyrrole nitrogens is 1. The number of carboxylic acids is 1. The highest BCUT2D eigenvalue weighted by molar-refractivity contribution is 5.95. The number of benzene rings is 1. The van der Waals surface area contributed by atoms with Gasteiger partial charge in [0.25, 0.3) is 5.91 Å². The monoisotopic (exact) mass is 259 g/mol. The van der Waals surface area contributed by atoms with Gasteiger partial charge in [-0.05, 0) is 31.2 Å². The molecule has 0 unspecified atom stereocenters. The summed E-state index contributed by atoms with van der Waals surface area (Å²) in [4.78, 5) is 22.5. The van der Waals surface area contributed by atoms with Gasteiger partial charge in [-0.25, -0.2) is 4.79 Å². The molecule has 6 heteroatoms. The molecule has 19 heavy (non-hydrogen) atoms. The van der Waals surface area contributed by atoms with Crippen LogP contribution in [0.1, 0.15) is 32.0 Å². The van der Waals surface area contributed by atoms with E-state index in [9.17, 15) is 9.59 Å². The second-order valence-electron chi connectivity index (χ2n) is 4.09. The number of carboxylic acid groups (broad SMARTS) is 1. The predicted octanol–water partition coefficient (Wildman–Crippen LogP) is 1.35. The van der Waals surface area contributed by atoms with E-state index in [4.69, 9.17) is 5.11 Å². The maximum atomic E-state index is 11.8. The first-order valence-electron chi connectivity index (χ1n) is 5.68. The third-order valence-corrected chi connectivity index (χ3v) is 2.77. The summed E-state index contributed by atoms with van der Waals surface area (Å²) in [7, 11) is 0. The first-order chi connectivity index (χ1) is 9.08. The van der Waals surface area contributed by atoms with Crippen molar-refractivity contribution in [3.05, 3.63) is 52.8 Å². The average Bonchev–Trinajstić information content (AvgIpc) is 2.81. The van der Waals surface area contributed by atoms with Crippen LogP contribution in [0.15, 0.2) is 30.5 Å². The fourth-order valence-electron chi connectivity index (χ4n) is 1.60. The van der Waals surface area contributed by atoms with Gasteiger partial charge in [0.15, 0.2) is 0 Å². The van der Waals surface area contributed by atoms with Crippen LogP contribution in [0.5, 0.6) is 0 Å². The van der Waals surface area contributed by atoms with E-state index in [2.05, 4.69) is 15.5 Å². The molecule has 6 nitrogen and oxygen atoms in total. The molecule has 0 saturated heterocycles. The summed E-state index contributed by atoms with van der Waals surface area (Å²) in [5.74, 6) is -1.27. The predicted molar refractivity (Wildman–Crippen MR) is 67.9 cm³/mol. The number of amides is 1. The Morgan fingerprint density at radius 3 is 2.42 bits per heavy atom. The lowest BCUT2D eigenvalue weighted by molar-refractivity contribution is 0.0696. The summed E-state index contributed by atoms with van der Waals surface area (Å²) >= 11 is 0. The summed E-state index contributed by atoms with van der Waals surface area (Å²) in [6.45, 7) is 2.25. The third-order valence-electron chi connectivity index (χ3n) is 2.77. The standard InChI is InChI=1S/C13H13N3O3/c1-8-11(7-15-16-8)6-14-12(17)9-2-4-10(5-3-9)13(18)19/h2-5,7H,6H2,1H3,(H,14,17)(H,15,16)(H,18,19). The first kappa shape index (κ1) is 12.8. The van der Waals surface area contributed by atoms with E-state index in [1.807, 2.05) is 6.92 Å². The number of aromatic carboxylic acids is 1. The molecule has 0 fully saturated rings. The van der Waals surface area contributed by atoms with E-state index in [0.29, 0.717) is 12.1 Å². The smallest absolute Gasteiger partial charge is 0.335 e. The average molecular weight is 259 g/mol. The fourth-order valence-corrected chi connectivity index (χ4v) is 1.60. The van der Waals surface area contributed by atoms with Crippen LogP contribution in [0, 0.1) is 6.92 Å². The van der Waals surface area contributed by atoms with Crippen LogP contribution in [0.4, 0.5) is 0 Å². The Balaban J connectivity index is 2.00. The number of nitrogens with one attached hydrogen (secondary N) is 2. The van der Waals surface area contributed by atoms with Crippen molar-refractivity contribution in [1.29, 1.82) is 0 Å². The number of nitrogens with zero attached hydrogens (tertiary/aromatic N) is 1. The molecule has 2 rings (SSSR count). The van der Waals surface area contributed by atoms with Gasteiger partial charge >= 0.3 is 5.97 Å². The molecule has 1 aromatic carbocycles. The number of hydrogen-bond donors (Lipinski definition) is 3. The molecule has 0 aliphatic heterocycles. The van der Waals surface area contributed by atoms with Crippen LogP contribution in [-0.4, -0.2) is 27.2 Å². The first-order valence-corrected chi connectivity index (χ1v) is 5.68. The lowest BCUT2D eigenvalue weighted by atomic mass is 10.1. The highest BCUT2D eigenvalue weighted by Crippen LogP contribution is 2.06. The number of aryl methyl sites for hydroxylation is 1. The second kappa shape index (κ2) is 5.34. The molecule has 1 aromatic heterocycles. The lowest BCUT2D eigenvalue weighted by Gasteiger charge is -2.04. The molecule has 0 saturated carbocycles. The molecule has 0 aliphatic rings. The molecule has 0 atom stereocenters. The van der Waals surface area contributed by atoms with E-state index >= 15 is 0 Å². The van der Waals surface area contributed by atoms with Crippen LogP contribution >= 0.6 is 0 Å². The Morgan fingerprint density at radius 2 is 1.89 bits per heavy atom. The summed E-state index contributed by atoms with van der Waals surface area (Å²) in [5.41, 5.74) is 2.39. The maximum absolute atomic E-state index is 11.8. The van der Waals surface area contributed by atoms with E-state index in [1.54, 1.807) is 6.20 Å². The number of aromatic amines is 1. The Bertz CT molecular complexity index is 602. The molecular weight excluding hydrogens is 246 g/mol. The summed E-state index contributed by atoms with van der Waals surface area (Å²) < 4.78 is 0. The van der Waals surface area contributed by atoms with Crippen molar-refractivity contribution in [2.75, 3.05) is 0 Å². The lowest BCUT2D eigenvalue weighted by Crippen LogP contribution is -2.22. The molecule has 0 radical (unpaired) electrons. The summed E-state index contributed by atoms with van der Waals surface area (Å²) in [6, 6.07) is 5.78. The van der Waals surface area contributed by atoms with Gasteiger partial charge in [-0.15, -0.1) is 0 Å². The Morgan fingerprint density at radius 1 is 1.26 bits per heavy atom. The van der Waals surface area contributed by atoms with Gasteiger partial charge in [-0.1, -0.05) is 0 Å². The van der Waals surface area contributed by atoms with Crippen LogP contribution in [-0.2, 0) is 6.54 Å². The van der Waals surface area contributed by atoms with Crippen LogP contribution in [0.2, 0.25) is 0 Å². The van der Waals surface area contributed by atoms with E-state index < -0.39 is 5.97 Å². The van der Waals surface area contributed by atoms with Crippen LogP contribution < -0.4 is 5.32 Å². The number of hydrogen-bond acceptors (Lipinski definition) is 3. The molecule has 0 spiro atoms. The van der Waals surface area contributed by atoms with E-state index in [0.717, 1.165) is 11.3 Å². The topological polar surface area (TPSA) is 95.1 Å². The Hall–Kier alpha value is -2.63. The molecule has 98 valence electrons. The van der Waals surface area contributed by atoms with Gasteiger partial charge < -0.3 is 10.4 Å². The Kier molecular flexibility index (Phi) is 3.61. The van der Waals surface area contributed by atoms with Crippen molar-refractivity contribution in [3.63, 3.8) is 0 Å². The van der Waals surface area contributed by atoms with Crippen LogP contribution in [0.3, 0.4) is 0 Å². The van der Waals surface area contributed by atoms with E-state index in [-0.39, 0.29) is 11.5 Å². The highest BCUT2D eigenvalue weighted by atomic mass is 16.4. The molecular formula is C13H13N3O3. The molecule has 1 amide bonds. The summed E-state index contributed by atoms with van der Waals surface area (Å²) in [5, 5.41) is 18.2. The van der Waals surface area contributed by atoms with Crippen molar-refractivity contribution < 1.29 is 14.7 Å². The van der Waals surface area contributed by atoms with Gasteiger partial charge in [-0.3, -0.25) is 9.89 Å². The minimum absolute atomic E-state index is 0.155. The number of carbonyl (C=O) groups excluding carboxylic acids is 1. The minimum atomic E-state index is -1.01. The highest BCUT2D eigenvalue weighted by Gasteiger charge is 2.08. The van der Waals surface area contributed by atoms with E-state index in [1.165, 1.54) is 24.3 Å². The normalized spacial score (nSPS) is 10.2. The summed E-state index contributed by atoms with van der Waals surface area (Å²) in [6.07, 6.45) is 1.66. The SMILES string of the molecule is Cc1[nH]ncc1CNC(=O)c1ccc(C(=O)O)cc1. The van der Waals surface area contributed by atoms with Crippen LogP contribution in [0.25, 0.3) is 0 Å². The van der Waals surface area contributed by atoms with Crippen molar-refractivity contribution in [3.8, 4) is 0 Å². The second-order valence-corrected chi connectivity index (χ2v) is 4.09. The molecule has 1 heterocycles. The molecule has 0 aliphatic carbocycles. The number of aromatic nitrogens is 2. The van der Waals surface area contributed by atoms with Gasteiger partial charge in [0, 0.05) is 23.4 Å². The zero-order valence-electron chi connectivity index (χ0n) is 10.3. The largest absolute Gasteiger partial charge is 0.478 e. The number of carbonyl (C=O) groups is 2. The third kappa shape index (κ3) is 2.98. The fraction of sp³-hybridized carbons (Fsp3) is 0.154. The van der Waals surface area contributed by atoms with Crippen molar-refractivity contribution in [2.45, 2.75) is 13.5 Å². The van der Waals surface area contributed by atoms with Gasteiger partial charge in [-0.2, -0.15) is 5.10 Å². The number of rotatable bonds is 4. The zero-order valence-corrected chi connectivity index (χ0v) is 10.3. The molecule has 2 aromatic rings. The zero-order chi connectivity index (χ0) is 13.8. The van der Waals surface area contributed by atoms with Gasteiger partial charge in [0.1, 0.15) is 0 Å². The molecule has 0 bridgehead atoms.